The van der Waals surface area contributed by atoms with Gasteiger partial charge in [-0.15, -0.1) is 0 Å². The van der Waals surface area contributed by atoms with Crippen LogP contribution in [0.15, 0.2) is 24.3 Å². The summed E-state index contributed by atoms with van der Waals surface area (Å²) in [5, 5.41) is 9.27. The molecule has 0 aliphatic heterocycles. The summed E-state index contributed by atoms with van der Waals surface area (Å²) in [5.74, 6) is -0.237. The first-order valence-corrected chi connectivity index (χ1v) is 5.36. The van der Waals surface area contributed by atoms with Crippen LogP contribution in [0.25, 0.3) is 0 Å². The fourth-order valence-electron chi connectivity index (χ4n) is 2.89. The second-order valence-corrected chi connectivity index (χ2v) is 5.06. The van der Waals surface area contributed by atoms with E-state index in [2.05, 4.69) is 6.07 Å². The molecule has 0 aromatic heterocycles. The molecule has 3 rings (SSSR count). The molecule has 2 aliphatic carbocycles. The molecule has 2 heteroatoms. The molecule has 0 unspecified atom stereocenters. The Morgan fingerprint density at radius 3 is 2.53 bits per heavy atom. The van der Waals surface area contributed by atoms with Gasteiger partial charge in [0, 0.05) is 0 Å². The quantitative estimate of drug-likeness (QED) is 0.684. The van der Waals surface area contributed by atoms with Gasteiger partial charge in [0.1, 0.15) is 5.82 Å². The van der Waals surface area contributed by atoms with Crippen molar-refractivity contribution in [1.82, 2.24) is 0 Å². The molecule has 15 heavy (non-hydrogen) atoms. The Labute approximate surface area is 88.5 Å². The molecule has 0 heterocycles. The minimum atomic E-state index is -0.390. The van der Waals surface area contributed by atoms with E-state index in [1.165, 1.54) is 25.0 Å². The van der Waals surface area contributed by atoms with Crippen LogP contribution in [0, 0.1) is 22.6 Å². The lowest BCUT2D eigenvalue weighted by Gasteiger charge is -2.43. The number of hydrogen-bond acceptors (Lipinski definition) is 1. The Kier molecular flexibility index (Phi) is 1.55. The maximum absolute atomic E-state index is 13.1. The molecule has 76 valence electrons. The first-order chi connectivity index (χ1) is 7.18. The first kappa shape index (κ1) is 8.91. The second-order valence-electron chi connectivity index (χ2n) is 5.06. The van der Waals surface area contributed by atoms with Crippen molar-refractivity contribution in [2.45, 2.75) is 31.1 Å². The standard InChI is InChI=1S/C13H12FN/c14-11-3-1-2-10(6-11)13(9-15)7-12(8-13)4-5-12/h1-3,6H,4-5,7-8H2. The number of hydrogen-bond donors (Lipinski definition) is 0. The Morgan fingerprint density at radius 2 is 2.00 bits per heavy atom. The molecule has 0 amide bonds. The van der Waals surface area contributed by atoms with E-state index < -0.39 is 5.41 Å². The SMILES string of the molecule is N#CC1(c2cccc(F)c2)CC2(CC2)C1. The summed E-state index contributed by atoms with van der Waals surface area (Å²) < 4.78 is 13.1. The van der Waals surface area contributed by atoms with Crippen LogP contribution < -0.4 is 0 Å². The van der Waals surface area contributed by atoms with Gasteiger partial charge in [-0.1, -0.05) is 12.1 Å². The van der Waals surface area contributed by atoms with Crippen molar-refractivity contribution in [1.29, 1.82) is 5.26 Å². The predicted octanol–water partition coefficient (Wildman–Crippen LogP) is 3.16. The molecule has 0 bridgehead atoms. The van der Waals surface area contributed by atoms with Gasteiger partial charge in [-0.3, -0.25) is 0 Å². The number of nitriles is 1. The van der Waals surface area contributed by atoms with E-state index in [9.17, 15) is 9.65 Å². The number of halogens is 1. The van der Waals surface area contributed by atoms with Crippen LogP contribution in [0.2, 0.25) is 0 Å². The van der Waals surface area contributed by atoms with Crippen LogP contribution in [-0.4, -0.2) is 0 Å². The van der Waals surface area contributed by atoms with E-state index in [1.54, 1.807) is 6.07 Å². The molecule has 2 fully saturated rings. The topological polar surface area (TPSA) is 23.8 Å². The lowest BCUT2D eigenvalue weighted by molar-refractivity contribution is 0.172. The van der Waals surface area contributed by atoms with E-state index in [1.807, 2.05) is 6.07 Å². The van der Waals surface area contributed by atoms with Crippen LogP contribution >= 0.6 is 0 Å². The number of rotatable bonds is 1. The predicted molar refractivity (Wildman–Crippen MR) is 54.6 cm³/mol. The molecular formula is C13H12FN. The van der Waals surface area contributed by atoms with E-state index in [4.69, 9.17) is 0 Å². The zero-order valence-corrected chi connectivity index (χ0v) is 8.46. The Hall–Kier alpha value is -1.36. The zero-order valence-electron chi connectivity index (χ0n) is 8.46. The molecule has 2 saturated carbocycles. The smallest absolute Gasteiger partial charge is 0.123 e. The molecule has 0 N–H and O–H groups in total. The summed E-state index contributed by atoms with van der Waals surface area (Å²) in [4.78, 5) is 0. The summed E-state index contributed by atoms with van der Waals surface area (Å²) in [5.41, 5.74) is 0.934. The summed E-state index contributed by atoms with van der Waals surface area (Å²) in [6.45, 7) is 0. The molecule has 1 nitrogen and oxygen atoms in total. The molecule has 1 aromatic rings. The maximum atomic E-state index is 13.1. The van der Waals surface area contributed by atoms with Crippen molar-refractivity contribution in [3.63, 3.8) is 0 Å². The van der Waals surface area contributed by atoms with Gasteiger partial charge in [0.2, 0.25) is 0 Å². The number of benzene rings is 1. The highest BCUT2D eigenvalue weighted by Crippen LogP contribution is 2.68. The molecular weight excluding hydrogens is 189 g/mol. The molecule has 0 atom stereocenters. The van der Waals surface area contributed by atoms with Crippen LogP contribution in [0.4, 0.5) is 4.39 Å². The van der Waals surface area contributed by atoms with Gasteiger partial charge in [0.15, 0.2) is 0 Å². The van der Waals surface area contributed by atoms with E-state index in [0.29, 0.717) is 5.41 Å². The van der Waals surface area contributed by atoms with Gasteiger partial charge in [0.25, 0.3) is 0 Å². The molecule has 0 radical (unpaired) electrons. The second kappa shape index (κ2) is 2.61. The van der Waals surface area contributed by atoms with Crippen LogP contribution in [0.5, 0.6) is 0 Å². The van der Waals surface area contributed by atoms with Gasteiger partial charge >= 0.3 is 0 Å². The van der Waals surface area contributed by atoms with Gasteiger partial charge in [-0.25, -0.2) is 4.39 Å². The highest BCUT2D eigenvalue weighted by atomic mass is 19.1. The van der Waals surface area contributed by atoms with Crippen molar-refractivity contribution >= 4 is 0 Å². The monoisotopic (exact) mass is 201 g/mol. The first-order valence-electron chi connectivity index (χ1n) is 5.36. The van der Waals surface area contributed by atoms with Gasteiger partial charge in [-0.05, 0) is 48.8 Å². The summed E-state index contributed by atoms with van der Waals surface area (Å²) in [6, 6.07) is 8.90. The lowest BCUT2D eigenvalue weighted by atomic mass is 9.57. The largest absolute Gasteiger partial charge is 0.207 e. The van der Waals surface area contributed by atoms with E-state index >= 15 is 0 Å². The minimum Gasteiger partial charge on any atom is -0.207 e. The third-order valence-corrected chi connectivity index (χ3v) is 3.90. The van der Waals surface area contributed by atoms with Crippen LogP contribution in [-0.2, 0) is 5.41 Å². The highest BCUT2D eigenvalue weighted by Gasteiger charge is 2.61. The Morgan fingerprint density at radius 1 is 1.27 bits per heavy atom. The van der Waals surface area contributed by atoms with E-state index in [-0.39, 0.29) is 5.82 Å². The summed E-state index contributed by atoms with van der Waals surface area (Å²) >= 11 is 0. The van der Waals surface area contributed by atoms with Crippen molar-refractivity contribution in [3.05, 3.63) is 35.6 Å². The van der Waals surface area contributed by atoms with Crippen molar-refractivity contribution in [3.8, 4) is 6.07 Å². The Balaban J connectivity index is 1.95. The van der Waals surface area contributed by atoms with Crippen LogP contribution in [0.3, 0.4) is 0 Å². The highest BCUT2D eigenvalue weighted by molar-refractivity contribution is 5.39. The normalized spacial score (nSPS) is 24.3. The average molecular weight is 201 g/mol. The van der Waals surface area contributed by atoms with Gasteiger partial charge in [-0.2, -0.15) is 5.26 Å². The van der Waals surface area contributed by atoms with Crippen molar-refractivity contribution in [2.75, 3.05) is 0 Å². The van der Waals surface area contributed by atoms with Gasteiger partial charge < -0.3 is 0 Å². The average Bonchev–Trinajstić information content (AvgIpc) is 2.94. The molecule has 1 spiro atoms. The molecule has 2 aliphatic rings. The fourth-order valence-corrected chi connectivity index (χ4v) is 2.89. The lowest BCUT2D eigenvalue weighted by Crippen LogP contribution is -2.41. The zero-order chi connectivity index (χ0) is 10.5. The fraction of sp³-hybridized carbons (Fsp3) is 0.462. The maximum Gasteiger partial charge on any atom is 0.123 e. The van der Waals surface area contributed by atoms with Crippen molar-refractivity contribution < 1.29 is 4.39 Å². The van der Waals surface area contributed by atoms with Crippen molar-refractivity contribution in [2.24, 2.45) is 5.41 Å². The summed E-state index contributed by atoms with van der Waals surface area (Å²) in [7, 11) is 0. The van der Waals surface area contributed by atoms with Gasteiger partial charge in [0.05, 0.1) is 11.5 Å². The Bertz CT molecular complexity index is 446. The molecule has 0 saturated heterocycles. The third-order valence-electron chi connectivity index (χ3n) is 3.90. The van der Waals surface area contributed by atoms with E-state index in [0.717, 1.165) is 18.4 Å². The third kappa shape index (κ3) is 1.19. The molecule has 1 aromatic carbocycles. The van der Waals surface area contributed by atoms with Crippen LogP contribution in [0.1, 0.15) is 31.2 Å². The number of nitrogens with zero attached hydrogens (tertiary/aromatic N) is 1. The summed E-state index contributed by atoms with van der Waals surface area (Å²) in [6.07, 6.45) is 4.37. The minimum absolute atomic E-state index is 0.237.